The maximum atomic E-state index is 10.7. The minimum atomic E-state index is -0.369. The maximum Gasteiger partial charge on any atom is 0.266 e. The zero-order valence-electron chi connectivity index (χ0n) is 8.12. The fraction of sp³-hybridized carbons (Fsp3) is 0.714. The molecule has 0 radical (unpaired) electrons. The fourth-order valence-electron chi connectivity index (χ4n) is 0.613. The largest absolute Gasteiger partial charge is 1.00 e. The molecule has 0 fully saturated rings. The molecule has 0 bridgehead atoms. The van der Waals surface area contributed by atoms with Crippen molar-refractivity contribution in [2.75, 3.05) is 34.2 Å². The van der Waals surface area contributed by atoms with Crippen molar-refractivity contribution in [1.82, 2.24) is 5.32 Å². The van der Waals surface area contributed by atoms with Gasteiger partial charge in [-0.15, -0.1) is 0 Å². The molecule has 0 aliphatic heterocycles. The van der Waals surface area contributed by atoms with Gasteiger partial charge in [-0.2, -0.15) is 0 Å². The van der Waals surface area contributed by atoms with Crippen molar-refractivity contribution in [1.29, 1.82) is 0 Å². The Balaban J connectivity index is 0. The van der Waals surface area contributed by atoms with E-state index in [2.05, 4.69) is 10.5 Å². The van der Waals surface area contributed by atoms with Gasteiger partial charge in [-0.05, 0) is 0 Å². The number of quaternary nitrogens is 1. The summed E-state index contributed by atoms with van der Waals surface area (Å²) in [7, 11) is 6.10. The van der Waals surface area contributed by atoms with E-state index >= 15 is 0 Å². The van der Waals surface area contributed by atoms with Crippen LogP contribution in [-0.2, 0) is 4.79 Å². The number of amides is 1. The molecule has 0 aromatic heterocycles. The van der Waals surface area contributed by atoms with Crippen LogP contribution in [0.3, 0.4) is 0 Å². The van der Waals surface area contributed by atoms with Gasteiger partial charge in [-0.25, -0.2) is 0 Å². The van der Waals surface area contributed by atoms with E-state index in [0.717, 1.165) is 17.2 Å². The van der Waals surface area contributed by atoms with Gasteiger partial charge in [0, 0.05) is 0 Å². The van der Waals surface area contributed by atoms with Crippen LogP contribution in [0.15, 0.2) is 5.16 Å². The van der Waals surface area contributed by atoms with Crippen molar-refractivity contribution < 1.29 is 38.5 Å². The van der Waals surface area contributed by atoms with Crippen molar-refractivity contribution in [3.8, 4) is 0 Å². The standard InChI is InChI=1S/C7H15N3O2.HI/c1-10(2,3)5-4-8-7(11)6-9-12;/h6H,4-5H2,1-3H3,(H-,8,11,12);1H. The van der Waals surface area contributed by atoms with Gasteiger partial charge < -0.3 is 39.0 Å². The Morgan fingerprint density at radius 1 is 1.54 bits per heavy atom. The molecule has 0 heterocycles. The highest BCUT2D eigenvalue weighted by atomic mass is 127. The van der Waals surface area contributed by atoms with E-state index < -0.39 is 0 Å². The topological polar surface area (TPSA) is 61.7 Å². The summed E-state index contributed by atoms with van der Waals surface area (Å²) in [6, 6.07) is 0. The molecule has 0 unspecified atom stereocenters. The smallest absolute Gasteiger partial charge is 0.266 e. The number of halogens is 1. The van der Waals surface area contributed by atoms with Crippen LogP contribution < -0.4 is 29.3 Å². The Bertz CT molecular complexity index is 177. The van der Waals surface area contributed by atoms with E-state index in [-0.39, 0.29) is 29.9 Å². The Morgan fingerprint density at radius 2 is 2.08 bits per heavy atom. The van der Waals surface area contributed by atoms with Gasteiger partial charge in [0.15, 0.2) is 0 Å². The van der Waals surface area contributed by atoms with Gasteiger partial charge in [-0.1, -0.05) is 5.16 Å². The first-order valence-corrected chi connectivity index (χ1v) is 3.71. The van der Waals surface area contributed by atoms with E-state index in [1.54, 1.807) is 0 Å². The quantitative estimate of drug-likeness (QED) is 0.184. The molecular weight excluding hydrogens is 285 g/mol. The van der Waals surface area contributed by atoms with E-state index in [1.165, 1.54) is 0 Å². The van der Waals surface area contributed by atoms with Crippen molar-refractivity contribution in [3.05, 3.63) is 0 Å². The molecule has 0 aliphatic rings. The first kappa shape index (κ1) is 15.1. The summed E-state index contributed by atoms with van der Waals surface area (Å²) >= 11 is 0. The summed E-state index contributed by atoms with van der Waals surface area (Å²) in [4.78, 5) is 10.7. The third kappa shape index (κ3) is 11.6. The SMILES string of the molecule is C[N+](C)(C)CCNC(=O)/C=N/O.[I-]. The van der Waals surface area contributed by atoms with Crippen LogP contribution in [0.25, 0.3) is 0 Å². The summed E-state index contributed by atoms with van der Waals surface area (Å²) < 4.78 is 0.788. The zero-order valence-corrected chi connectivity index (χ0v) is 10.3. The number of carbonyl (C=O) groups excluding carboxylic acids is 1. The molecule has 0 aliphatic carbocycles. The summed E-state index contributed by atoms with van der Waals surface area (Å²) in [6.45, 7) is 1.42. The molecule has 0 spiro atoms. The molecule has 2 N–H and O–H groups in total. The first-order valence-electron chi connectivity index (χ1n) is 3.71. The lowest BCUT2D eigenvalue weighted by molar-refractivity contribution is -0.869. The first-order chi connectivity index (χ1) is 5.45. The molecule has 6 heteroatoms. The number of hydrogen-bond donors (Lipinski definition) is 2. The Morgan fingerprint density at radius 3 is 2.46 bits per heavy atom. The number of rotatable bonds is 4. The third-order valence-electron chi connectivity index (χ3n) is 1.26. The second kappa shape index (κ2) is 7.07. The van der Waals surface area contributed by atoms with Gasteiger partial charge in [0.2, 0.25) is 0 Å². The molecule has 78 valence electrons. The van der Waals surface area contributed by atoms with Crippen molar-refractivity contribution in [2.45, 2.75) is 0 Å². The van der Waals surface area contributed by atoms with Crippen molar-refractivity contribution in [2.24, 2.45) is 5.16 Å². The Hall–Kier alpha value is -0.370. The average molecular weight is 301 g/mol. The zero-order chi connectivity index (χ0) is 9.61. The summed E-state index contributed by atoms with van der Waals surface area (Å²) in [5, 5.41) is 13.2. The van der Waals surface area contributed by atoms with Crippen LogP contribution in [0.5, 0.6) is 0 Å². The number of nitrogens with zero attached hydrogens (tertiary/aromatic N) is 2. The number of likely N-dealkylation sites (N-methyl/N-ethyl adjacent to an activating group) is 1. The lowest BCUT2D eigenvalue weighted by atomic mass is 10.5. The highest BCUT2D eigenvalue weighted by Crippen LogP contribution is 1.85. The molecule has 0 atom stereocenters. The number of nitrogens with one attached hydrogen (secondary N) is 1. The molecule has 13 heavy (non-hydrogen) atoms. The van der Waals surface area contributed by atoms with Gasteiger partial charge >= 0.3 is 0 Å². The highest BCUT2D eigenvalue weighted by Gasteiger charge is 2.06. The lowest BCUT2D eigenvalue weighted by Gasteiger charge is -2.23. The number of oxime groups is 1. The Labute approximate surface area is 95.4 Å². The third-order valence-corrected chi connectivity index (χ3v) is 1.26. The van der Waals surface area contributed by atoms with Crippen molar-refractivity contribution in [3.63, 3.8) is 0 Å². The highest BCUT2D eigenvalue weighted by molar-refractivity contribution is 6.25. The summed E-state index contributed by atoms with van der Waals surface area (Å²) in [6.07, 6.45) is 0.843. The van der Waals surface area contributed by atoms with Gasteiger partial charge in [0.05, 0.1) is 34.2 Å². The fourth-order valence-corrected chi connectivity index (χ4v) is 0.613. The van der Waals surface area contributed by atoms with E-state index in [1.807, 2.05) is 21.1 Å². The minimum absolute atomic E-state index is 0. The maximum absolute atomic E-state index is 10.7. The van der Waals surface area contributed by atoms with Gasteiger partial charge in [-0.3, -0.25) is 4.79 Å². The van der Waals surface area contributed by atoms with Gasteiger partial charge in [0.1, 0.15) is 6.21 Å². The lowest BCUT2D eigenvalue weighted by Crippen LogP contribution is -3.00. The number of carbonyl (C=O) groups is 1. The predicted molar refractivity (Wildman–Crippen MR) is 46.2 cm³/mol. The average Bonchev–Trinajstić information content (AvgIpc) is 1.84. The number of hydrogen-bond acceptors (Lipinski definition) is 3. The van der Waals surface area contributed by atoms with Crippen LogP contribution in [0.1, 0.15) is 0 Å². The van der Waals surface area contributed by atoms with Crippen LogP contribution in [-0.4, -0.2) is 56.0 Å². The summed E-state index contributed by atoms with van der Waals surface area (Å²) in [5.41, 5.74) is 0. The Kier molecular flexibility index (Phi) is 8.23. The van der Waals surface area contributed by atoms with Crippen molar-refractivity contribution >= 4 is 12.1 Å². The van der Waals surface area contributed by atoms with Crippen LogP contribution in [0.2, 0.25) is 0 Å². The molecule has 1 amide bonds. The molecule has 0 aromatic rings. The second-order valence-electron chi connectivity index (χ2n) is 3.55. The minimum Gasteiger partial charge on any atom is -1.00 e. The van der Waals surface area contributed by atoms with E-state index in [4.69, 9.17) is 5.21 Å². The molecule has 0 saturated carbocycles. The molecular formula is C7H16IN3O2. The molecule has 0 saturated heterocycles. The van der Waals surface area contributed by atoms with Gasteiger partial charge in [0.25, 0.3) is 5.91 Å². The normalized spacial score (nSPS) is 11.0. The molecule has 0 aromatic carbocycles. The second-order valence-corrected chi connectivity index (χ2v) is 3.55. The van der Waals surface area contributed by atoms with Crippen LogP contribution in [0.4, 0.5) is 0 Å². The molecule has 5 nitrogen and oxygen atoms in total. The molecule has 0 rings (SSSR count). The van der Waals surface area contributed by atoms with Crippen LogP contribution >= 0.6 is 0 Å². The van der Waals surface area contributed by atoms with E-state index in [0.29, 0.717) is 6.54 Å². The van der Waals surface area contributed by atoms with Crippen LogP contribution in [0, 0.1) is 0 Å². The van der Waals surface area contributed by atoms with E-state index in [9.17, 15) is 4.79 Å². The summed E-state index contributed by atoms with van der Waals surface area (Å²) in [5.74, 6) is -0.369. The monoisotopic (exact) mass is 301 g/mol. The predicted octanol–water partition coefficient (Wildman–Crippen LogP) is -3.73.